The Morgan fingerprint density at radius 3 is 2.58 bits per heavy atom. The van der Waals surface area contributed by atoms with Crippen LogP contribution in [0.25, 0.3) is 0 Å². The fourth-order valence-electron chi connectivity index (χ4n) is 1.69. The normalized spacial score (nSPS) is 10.4. The number of carbonyl (C=O) groups excluding carboxylic acids is 2. The van der Waals surface area contributed by atoms with Gasteiger partial charge in [0.1, 0.15) is 5.82 Å². The molecule has 0 aliphatic carbocycles. The number of non-ortho nitro benzene ring substituents is 1. The Kier molecular flexibility index (Phi) is 5.29. The molecule has 0 aliphatic rings. The van der Waals surface area contributed by atoms with Gasteiger partial charge in [0.2, 0.25) is 0 Å². The molecule has 0 radical (unpaired) electrons. The first-order chi connectivity index (χ1) is 11.5. The van der Waals surface area contributed by atoms with Gasteiger partial charge in [-0.05, 0) is 18.2 Å². The number of hydrogen-bond acceptors (Lipinski definition) is 5. The summed E-state index contributed by atoms with van der Waals surface area (Å²) in [4.78, 5) is 33.2. The highest BCUT2D eigenvalue weighted by atomic mass is 19.1. The van der Waals surface area contributed by atoms with Gasteiger partial charge in [0.15, 0.2) is 0 Å². The monoisotopic (exact) mass is 330 g/mol. The second-order valence-electron chi connectivity index (χ2n) is 4.52. The smallest absolute Gasteiger partial charge is 0.318 e. The molecule has 0 aliphatic heterocycles. The average molecular weight is 330 g/mol. The predicted molar refractivity (Wildman–Crippen MR) is 83.9 cm³/mol. The van der Waals surface area contributed by atoms with E-state index in [1.165, 1.54) is 42.5 Å². The molecular weight excluding hydrogens is 319 g/mol. The first-order valence-corrected chi connectivity index (χ1v) is 6.60. The number of carbonyl (C=O) groups is 2. The van der Waals surface area contributed by atoms with Gasteiger partial charge in [0.25, 0.3) is 5.69 Å². The van der Waals surface area contributed by atoms with E-state index in [-0.39, 0.29) is 11.4 Å². The van der Waals surface area contributed by atoms with Crippen molar-refractivity contribution < 1.29 is 18.9 Å². The Morgan fingerprint density at radius 1 is 1.12 bits per heavy atom. The van der Waals surface area contributed by atoms with Gasteiger partial charge in [-0.25, -0.2) is 9.82 Å². The SMILES string of the molecule is O=C(NN=Cc1cccc([N+](=O)[O-])c1)C(=O)Nc1cccc(F)c1. The van der Waals surface area contributed by atoms with E-state index in [0.717, 1.165) is 12.3 Å². The summed E-state index contributed by atoms with van der Waals surface area (Å²) in [5, 5.41) is 16.4. The number of nitrogens with zero attached hydrogens (tertiary/aromatic N) is 2. The zero-order valence-corrected chi connectivity index (χ0v) is 12.1. The number of nitro benzene ring substituents is 1. The Bertz CT molecular complexity index is 823. The van der Waals surface area contributed by atoms with Crippen molar-refractivity contribution in [2.75, 3.05) is 5.32 Å². The molecule has 2 amide bonds. The maximum absolute atomic E-state index is 13.0. The van der Waals surface area contributed by atoms with Gasteiger partial charge >= 0.3 is 11.8 Å². The van der Waals surface area contributed by atoms with Crippen LogP contribution in [-0.4, -0.2) is 23.0 Å². The fourth-order valence-corrected chi connectivity index (χ4v) is 1.69. The average Bonchev–Trinajstić information content (AvgIpc) is 2.55. The van der Waals surface area contributed by atoms with Crippen LogP contribution < -0.4 is 10.7 Å². The molecule has 0 bridgehead atoms. The van der Waals surface area contributed by atoms with E-state index in [2.05, 4.69) is 10.4 Å². The first-order valence-electron chi connectivity index (χ1n) is 6.60. The third kappa shape index (κ3) is 4.70. The molecular formula is C15H11FN4O4. The van der Waals surface area contributed by atoms with Gasteiger partial charge < -0.3 is 5.32 Å². The lowest BCUT2D eigenvalue weighted by molar-refractivity contribution is -0.384. The molecule has 0 heterocycles. The number of hydrogen-bond donors (Lipinski definition) is 2. The van der Waals surface area contributed by atoms with Crippen molar-refractivity contribution >= 4 is 29.4 Å². The van der Waals surface area contributed by atoms with E-state index < -0.39 is 22.6 Å². The molecule has 0 saturated carbocycles. The fraction of sp³-hybridized carbons (Fsp3) is 0. The Balaban J connectivity index is 1.93. The van der Waals surface area contributed by atoms with Gasteiger partial charge in [-0.15, -0.1) is 0 Å². The van der Waals surface area contributed by atoms with Crippen LogP contribution in [0, 0.1) is 15.9 Å². The number of anilines is 1. The van der Waals surface area contributed by atoms with E-state index >= 15 is 0 Å². The molecule has 0 atom stereocenters. The van der Waals surface area contributed by atoms with Crippen molar-refractivity contribution in [3.63, 3.8) is 0 Å². The maximum Gasteiger partial charge on any atom is 0.329 e. The molecule has 2 N–H and O–H groups in total. The number of hydrazone groups is 1. The Labute approximate surface area is 135 Å². The molecule has 24 heavy (non-hydrogen) atoms. The summed E-state index contributed by atoms with van der Waals surface area (Å²) in [5.74, 6) is -2.66. The van der Waals surface area contributed by atoms with Gasteiger partial charge in [-0.2, -0.15) is 5.10 Å². The van der Waals surface area contributed by atoms with Crippen LogP contribution in [0.1, 0.15) is 5.56 Å². The van der Waals surface area contributed by atoms with E-state index in [4.69, 9.17) is 0 Å². The molecule has 2 aromatic rings. The third-order valence-corrected chi connectivity index (χ3v) is 2.75. The van der Waals surface area contributed by atoms with Crippen LogP contribution in [0.2, 0.25) is 0 Å². The van der Waals surface area contributed by atoms with E-state index in [9.17, 15) is 24.1 Å². The second kappa shape index (κ2) is 7.58. The van der Waals surface area contributed by atoms with Gasteiger partial charge in [-0.3, -0.25) is 19.7 Å². The van der Waals surface area contributed by atoms with E-state index in [0.29, 0.717) is 5.56 Å². The lowest BCUT2D eigenvalue weighted by atomic mass is 10.2. The summed E-state index contributed by atoms with van der Waals surface area (Å²) >= 11 is 0. The maximum atomic E-state index is 13.0. The minimum absolute atomic E-state index is 0.123. The second-order valence-corrected chi connectivity index (χ2v) is 4.52. The highest BCUT2D eigenvalue weighted by Gasteiger charge is 2.13. The van der Waals surface area contributed by atoms with Crippen LogP contribution in [0.3, 0.4) is 0 Å². The zero-order valence-electron chi connectivity index (χ0n) is 12.1. The van der Waals surface area contributed by atoms with Crippen molar-refractivity contribution in [3.05, 3.63) is 70.0 Å². The van der Waals surface area contributed by atoms with Gasteiger partial charge in [0.05, 0.1) is 11.1 Å². The van der Waals surface area contributed by atoms with Crippen LogP contribution in [0.15, 0.2) is 53.6 Å². The number of nitrogens with one attached hydrogen (secondary N) is 2. The standard InChI is InChI=1S/C15H11FN4O4/c16-11-4-2-5-12(8-11)18-14(21)15(22)19-17-9-10-3-1-6-13(7-10)20(23)24/h1-9H,(H,18,21)(H,19,22). The minimum atomic E-state index is -1.07. The van der Waals surface area contributed by atoms with Crippen LogP contribution in [-0.2, 0) is 9.59 Å². The number of rotatable bonds is 4. The highest BCUT2D eigenvalue weighted by molar-refractivity contribution is 6.39. The molecule has 0 fully saturated rings. The zero-order chi connectivity index (χ0) is 17.5. The van der Waals surface area contributed by atoms with E-state index in [1.807, 2.05) is 5.43 Å². The van der Waals surface area contributed by atoms with Crippen molar-refractivity contribution in [2.24, 2.45) is 5.10 Å². The van der Waals surface area contributed by atoms with Crippen LogP contribution >= 0.6 is 0 Å². The highest BCUT2D eigenvalue weighted by Crippen LogP contribution is 2.11. The summed E-state index contributed by atoms with van der Waals surface area (Å²) in [6, 6.07) is 10.6. The predicted octanol–water partition coefficient (Wildman–Crippen LogP) is 1.82. The molecule has 8 nitrogen and oxygen atoms in total. The lowest BCUT2D eigenvalue weighted by Gasteiger charge is -2.03. The van der Waals surface area contributed by atoms with Gasteiger partial charge in [-0.1, -0.05) is 18.2 Å². The first kappa shape index (κ1) is 16.7. The number of halogens is 1. The third-order valence-electron chi connectivity index (χ3n) is 2.75. The summed E-state index contributed by atoms with van der Waals surface area (Å²) in [7, 11) is 0. The minimum Gasteiger partial charge on any atom is -0.318 e. The molecule has 0 saturated heterocycles. The largest absolute Gasteiger partial charge is 0.329 e. The molecule has 122 valence electrons. The quantitative estimate of drug-likeness (QED) is 0.385. The van der Waals surface area contributed by atoms with Crippen molar-refractivity contribution in [2.45, 2.75) is 0 Å². The van der Waals surface area contributed by atoms with Crippen molar-refractivity contribution in [1.29, 1.82) is 0 Å². The number of benzene rings is 2. The molecule has 0 unspecified atom stereocenters. The molecule has 2 aromatic carbocycles. The number of amides is 2. The molecule has 0 aromatic heterocycles. The van der Waals surface area contributed by atoms with Crippen LogP contribution in [0.4, 0.5) is 15.8 Å². The van der Waals surface area contributed by atoms with E-state index in [1.54, 1.807) is 0 Å². The van der Waals surface area contributed by atoms with Crippen molar-refractivity contribution in [3.8, 4) is 0 Å². The molecule has 9 heteroatoms. The summed E-state index contributed by atoms with van der Waals surface area (Å²) in [5.41, 5.74) is 2.33. The number of nitro groups is 1. The Hall–Kier alpha value is -3.62. The molecule has 2 rings (SSSR count). The van der Waals surface area contributed by atoms with Crippen molar-refractivity contribution in [1.82, 2.24) is 5.43 Å². The topological polar surface area (TPSA) is 114 Å². The summed E-state index contributed by atoms with van der Waals surface area (Å²) < 4.78 is 13.0. The lowest BCUT2D eigenvalue weighted by Crippen LogP contribution is -2.32. The van der Waals surface area contributed by atoms with Crippen LogP contribution in [0.5, 0.6) is 0 Å². The van der Waals surface area contributed by atoms with Gasteiger partial charge in [0, 0.05) is 23.4 Å². The summed E-state index contributed by atoms with van der Waals surface area (Å²) in [6.45, 7) is 0. The molecule has 0 spiro atoms. The Morgan fingerprint density at radius 2 is 1.88 bits per heavy atom. The summed E-state index contributed by atoms with van der Waals surface area (Å²) in [6.07, 6.45) is 1.15.